The molecule has 0 fully saturated rings. The minimum Gasteiger partial charge on any atom is -0.207 e. The summed E-state index contributed by atoms with van der Waals surface area (Å²) in [5.74, 6) is -0.479. The number of halogens is 4. The van der Waals surface area contributed by atoms with Crippen molar-refractivity contribution in [3.05, 3.63) is 118 Å². The molecule has 0 spiro atoms. The molecule has 4 rings (SSSR count). The van der Waals surface area contributed by atoms with E-state index in [1.807, 2.05) is 24.3 Å². The molecule has 0 nitrogen and oxygen atoms in total. The van der Waals surface area contributed by atoms with Crippen LogP contribution in [0.1, 0.15) is 0 Å². The predicted octanol–water partition coefficient (Wildman–Crippen LogP) is 10.8. The first kappa shape index (κ1) is 25.7. The zero-order valence-electron chi connectivity index (χ0n) is 16.4. The minimum absolute atomic E-state index is 0.240. The highest BCUT2D eigenvalue weighted by atomic mass is 79.9. The fraction of sp³-hybridized carbons (Fsp3) is 0. The molecule has 32 heavy (non-hydrogen) atoms. The molecule has 0 amide bonds. The van der Waals surface area contributed by atoms with Gasteiger partial charge in [-0.1, -0.05) is 87.2 Å². The fourth-order valence-electron chi connectivity index (χ4n) is 2.21. The molecular formula is C24H16Br2F2S4. The minimum atomic E-state index is -0.240. The van der Waals surface area contributed by atoms with E-state index in [2.05, 4.69) is 56.1 Å². The van der Waals surface area contributed by atoms with Gasteiger partial charge in [-0.15, -0.1) is 0 Å². The Balaban J connectivity index is 0.000000181. The third kappa shape index (κ3) is 9.53. The lowest BCUT2D eigenvalue weighted by atomic mass is 10.4. The summed E-state index contributed by atoms with van der Waals surface area (Å²) in [4.78, 5) is 4.44. The molecule has 4 aromatic carbocycles. The second-order valence-corrected chi connectivity index (χ2v) is 12.5. The van der Waals surface area contributed by atoms with E-state index in [4.69, 9.17) is 0 Å². The molecule has 0 unspecified atom stereocenters. The number of rotatable bonds is 6. The average molecular weight is 630 g/mol. The van der Waals surface area contributed by atoms with E-state index in [-0.39, 0.29) is 11.6 Å². The van der Waals surface area contributed by atoms with Crippen LogP contribution in [0.2, 0.25) is 0 Å². The Hall–Kier alpha value is -0.900. The molecule has 8 heteroatoms. The summed E-state index contributed by atoms with van der Waals surface area (Å²) in [6.07, 6.45) is 0. The van der Waals surface area contributed by atoms with Crippen molar-refractivity contribution in [2.75, 3.05) is 0 Å². The number of hydrogen-bond acceptors (Lipinski definition) is 4. The van der Waals surface area contributed by atoms with Gasteiger partial charge >= 0.3 is 0 Å². The van der Waals surface area contributed by atoms with Crippen LogP contribution in [0.4, 0.5) is 8.78 Å². The van der Waals surface area contributed by atoms with Crippen LogP contribution in [0.25, 0.3) is 0 Å². The Morgan fingerprint density at radius 1 is 0.438 bits per heavy atom. The Morgan fingerprint density at radius 2 is 0.781 bits per heavy atom. The van der Waals surface area contributed by atoms with Crippen LogP contribution in [0.15, 0.2) is 126 Å². The first-order chi connectivity index (χ1) is 15.5. The number of hydrogen-bond donors (Lipinski definition) is 0. The van der Waals surface area contributed by atoms with Crippen molar-refractivity contribution in [1.82, 2.24) is 0 Å². The van der Waals surface area contributed by atoms with E-state index in [0.717, 1.165) is 18.7 Å². The summed E-state index contributed by atoms with van der Waals surface area (Å²) >= 11 is 6.94. The molecule has 0 bridgehead atoms. The van der Waals surface area contributed by atoms with E-state index < -0.39 is 0 Å². The maximum Gasteiger partial charge on any atom is 0.123 e. The highest BCUT2D eigenvalue weighted by molar-refractivity contribution is 9.10. The molecule has 0 aliphatic heterocycles. The van der Waals surface area contributed by atoms with Crippen LogP contribution in [0, 0.1) is 11.6 Å². The van der Waals surface area contributed by atoms with E-state index in [1.165, 1.54) is 55.6 Å². The second-order valence-electron chi connectivity index (χ2n) is 6.16. The van der Waals surface area contributed by atoms with Crippen LogP contribution >= 0.6 is 75.0 Å². The van der Waals surface area contributed by atoms with Crippen LogP contribution in [0.3, 0.4) is 0 Å². The standard InChI is InChI=1S/C12H8Br2S2.C12H8F2S2/c13-9-3-1-5-11(7-9)15-16-12-6-2-4-10(14)8-12;13-9-1-5-11(6-2-9)15-16-12-7-3-10(14)4-8-12/h2*1-8H. The predicted molar refractivity (Wildman–Crippen MR) is 145 cm³/mol. The van der Waals surface area contributed by atoms with E-state index in [1.54, 1.807) is 45.9 Å². The maximum absolute atomic E-state index is 12.6. The van der Waals surface area contributed by atoms with Gasteiger partial charge in [0.25, 0.3) is 0 Å². The van der Waals surface area contributed by atoms with E-state index in [0.29, 0.717) is 0 Å². The third-order valence-electron chi connectivity index (χ3n) is 3.69. The molecule has 0 aliphatic carbocycles. The fourth-order valence-corrected chi connectivity index (χ4v) is 7.25. The monoisotopic (exact) mass is 628 g/mol. The smallest absolute Gasteiger partial charge is 0.123 e. The summed E-state index contributed by atoms with van der Waals surface area (Å²) in [6.45, 7) is 0. The first-order valence-electron chi connectivity index (χ1n) is 9.19. The molecule has 0 heterocycles. The van der Waals surface area contributed by atoms with Gasteiger partial charge in [-0.05, 0) is 84.9 Å². The van der Waals surface area contributed by atoms with Gasteiger partial charge in [-0.3, -0.25) is 0 Å². The molecule has 164 valence electrons. The van der Waals surface area contributed by atoms with Crippen LogP contribution < -0.4 is 0 Å². The first-order valence-corrected chi connectivity index (χ1v) is 15.1. The molecule has 4 aromatic rings. The summed E-state index contributed by atoms with van der Waals surface area (Å²) in [7, 11) is 6.56. The quantitative estimate of drug-likeness (QED) is 0.194. The highest BCUT2D eigenvalue weighted by Gasteiger charge is 2.00. The van der Waals surface area contributed by atoms with Gasteiger partial charge in [0.1, 0.15) is 11.6 Å². The zero-order chi connectivity index (χ0) is 22.8. The van der Waals surface area contributed by atoms with Crippen LogP contribution in [-0.4, -0.2) is 0 Å². The van der Waals surface area contributed by atoms with Crippen LogP contribution in [0.5, 0.6) is 0 Å². The van der Waals surface area contributed by atoms with Crippen molar-refractivity contribution in [1.29, 1.82) is 0 Å². The molecule has 0 saturated heterocycles. The van der Waals surface area contributed by atoms with E-state index in [9.17, 15) is 8.78 Å². The molecule has 0 atom stereocenters. The largest absolute Gasteiger partial charge is 0.207 e. The average Bonchev–Trinajstić information content (AvgIpc) is 2.79. The summed E-state index contributed by atoms with van der Waals surface area (Å²) in [5, 5.41) is 0. The third-order valence-corrected chi connectivity index (χ3v) is 9.47. The van der Waals surface area contributed by atoms with Crippen molar-refractivity contribution >= 4 is 75.0 Å². The SMILES string of the molecule is Brc1cccc(SSc2cccc(Br)c2)c1.Fc1ccc(SSc2ccc(F)cc2)cc1. The van der Waals surface area contributed by atoms with Gasteiger partial charge in [-0.2, -0.15) is 0 Å². The Morgan fingerprint density at radius 3 is 1.12 bits per heavy atom. The Bertz CT molecular complexity index is 1030. The lowest BCUT2D eigenvalue weighted by Gasteiger charge is -2.02. The highest BCUT2D eigenvalue weighted by Crippen LogP contribution is 2.39. The van der Waals surface area contributed by atoms with Crippen molar-refractivity contribution in [3.8, 4) is 0 Å². The lowest BCUT2D eigenvalue weighted by Crippen LogP contribution is -1.74. The van der Waals surface area contributed by atoms with Crippen molar-refractivity contribution in [3.63, 3.8) is 0 Å². The van der Waals surface area contributed by atoms with Crippen LogP contribution in [-0.2, 0) is 0 Å². The molecule has 0 aliphatic rings. The van der Waals surface area contributed by atoms with Gasteiger partial charge in [0.2, 0.25) is 0 Å². The zero-order valence-corrected chi connectivity index (χ0v) is 22.8. The van der Waals surface area contributed by atoms with Gasteiger partial charge in [0.15, 0.2) is 0 Å². The normalized spacial score (nSPS) is 10.4. The molecule has 0 aromatic heterocycles. The second kappa shape index (κ2) is 13.7. The Labute approximate surface area is 219 Å². The van der Waals surface area contributed by atoms with Gasteiger partial charge in [-0.25, -0.2) is 8.78 Å². The van der Waals surface area contributed by atoms with Gasteiger partial charge < -0.3 is 0 Å². The summed E-state index contributed by atoms with van der Waals surface area (Å²) in [6, 6.07) is 29.2. The lowest BCUT2D eigenvalue weighted by molar-refractivity contribution is 0.626. The van der Waals surface area contributed by atoms with Crippen molar-refractivity contribution in [2.45, 2.75) is 19.6 Å². The molecule has 0 N–H and O–H groups in total. The molecular weight excluding hydrogens is 614 g/mol. The van der Waals surface area contributed by atoms with Gasteiger partial charge in [0.05, 0.1) is 0 Å². The molecule has 0 radical (unpaired) electrons. The van der Waals surface area contributed by atoms with Crippen molar-refractivity contribution in [2.24, 2.45) is 0 Å². The number of benzene rings is 4. The maximum atomic E-state index is 12.6. The van der Waals surface area contributed by atoms with Gasteiger partial charge in [0, 0.05) is 28.5 Å². The molecule has 0 saturated carbocycles. The Kier molecular flexibility index (Phi) is 11.0. The van der Waals surface area contributed by atoms with E-state index >= 15 is 0 Å². The van der Waals surface area contributed by atoms with Crippen molar-refractivity contribution < 1.29 is 8.78 Å². The topological polar surface area (TPSA) is 0 Å². The summed E-state index contributed by atoms with van der Waals surface area (Å²) in [5.41, 5.74) is 0. The summed E-state index contributed by atoms with van der Waals surface area (Å²) < 4.78 is 27.5.